The maximum absolute atomic E-state index is 12.6. The predicted molar refractivity (Wildman–Crippen MR) is 86.4 cm³/mol. The van der Waals surface area contributed by atoms with E-state index in [4.69, 9.17) is 0 Å². The lowest BCUT2D eigenvalue weighted by Crippen LogP contribution is -2.52. The molecule has 2 aliphatic rings. The average molecular weight is 302 g/mol. The molecule has 22 heavy (non-hydrogen) atoms. The first kappa shape index (κ1) is 15.4. The third-order valence-corrected chi connectivity index (χ3v) is 4.99. The number of hydrogen-bond donors (Lipinski definition) is 1. The summed E-state index contributed by atoms with van der Waals surface area (Å²) in [6, 6.07) is 4.48. The second kappa shape index (κ2) is 7.20. The molecule has 1 aromatic rings. The average Bonchev–Trinajstić information content (AvgIpc) is 2.62. The number of aromatic nitrogens is 1. The van der Waals surface area contributed by atoms with Crippen LogP contribution in [-0.2, 0) is 4.79 Å². The molecule has 2 atom stereocenters. The van der Waals surface area contributed by atoms with Crippen LogP contribution in [-0.4, -0.2) is 60.0 Å². The molecule has 5 nitrogen and oxygen atoms in total. The van der Waals surface area contributed by atoms with E-state index in [-0.39, 0.29) is 5.92 Å². The molecule has 3 rings (SSSR count). The van der Waals surface area contributed by atoms with Crippen molar-refractivity contribution in [3.05, 3.63) is 30.1 Å². The Labute approximate surface area is 132 Å². The summed E-state index contributed by atoms with van der Waals surface area (Å²) in [5.74, 6) is 0.539. The van der Waals surface area contributed by atoms with Crippen LogP contribution in [0.25, 0.3) is 0 Å². The third-order valence-electron chi connectivity index (χ3n) is 4.99. The van der Waals surface area contributed by atoms with Gasteiger partial charge in [-0.25, -0.2) is 0 Å². The van der Waals surface area contributed by atoms with Gasteiger partial charge < -0.3 is 10.2 Å². The fourth-order valence-electron chi connectivity index (χ4n) is 3.48. The molecule has 0 aromatic carbocycles. The molecule has 2 saturated heterocycles. The van der Waals surface area contributed by atoms with Crippen molar-refractivity contribution in [2.75, 3.05) is 39.3 Å². The van der Waals surface area contributed by atoms with Crippen LogP contribution in [0.5, 0.6) is 0 Å². The van der Waals surface area contributed by atoms with Crippen LogP contribution in [0.2, 0.25) is 0 Å². The number of pyridine rings is 1. The zero-order chi connectivity index (χ0) is 15.4. The van der Waals surface area contributed by atoms with Gasteiger partial charge in [0.25, 0.3) is 0 Å². The van der Waals surface area contributed by atoms with Crippen molar-refractivity contribution in [2.45, 2.75) is 25.8 Å². The summed E-state index contributed by atoms with van der Waals surface area (Å²) < 4.78 is 0. The van der Waals surface area contributed by atoms with Gasteiger partial charge in [-0.3, -0.25) is 14.7 Å². The Morgan fingerprint density at radius 3 is 2.82 bits per heavy atom. The molecule has 1 N–H and O–H groups in total. The highest BCUT2D eigenvalue weighted by molar-refractivity contribution is 5.79. The predicted octanol–water partition coefficient (Wildman–Crippen LogP) is 1.29. The number of amides is 1. The topological polar surface area (TPSA) is 48.5 Å². The SMILES string of the molecule is CC(c1cccnc1)N1CCN(C(=O)C2CCCNC2)CC1. The fourth-order valence-corrected chi connectivity index (χ4v) is 3.48. The Hall–Kier alpha value is -1.46. The molecule has 2 fully saturated rings. The lowest BCUT2D eigenvalue weighted by Gasteiger charge is -2.39. The van der Waals surface area contributed by atoms with Gasteiger partial charge in [-0.15, -0.1) is 0 Å². The lowest BCUT2D eigenvalue weighted by molar-refractivity contribution is -0.138. The summed E-state index contributed by atoms with van der Waals surface area (Å²) in [4.78, 5) is 21.3. The summed E-state index contributed by atoms with van der Waals surface area (Å²) in [6.07, 6.45) is 5.91. The Kier molecular flexibility index (Phi) is 5.05. The quantitative estimate of drug-likeness (QED) is 0.914. The van der Waals surface area contributed by atoms with Crippen LogP contribution < -0.4 is 5.32 Å². The van der Waals surface area contributed by atoms with Crippen molar-refractivity contribution < 1.29 is 4.79 Å². The van der Waals surface area contributed by atoms with Gasteiger partial charge in [0.2, 0.25) is 5.91 Å². The van der Waals surface area contributed by atoms with E-state index in [1.807, 2.05) is 18.5 Å². The molecular formula is C17H26N4O. The second-order valence-electron chi connectivity index (χ2n) is 6.37. The van der Waals surface area contributed by atoms with E-state index >= 15 is 0 Å². The number of piperazine rings is 1. The van der Waals surface area contributed by atoms with E-state index in [2.05, 4.69) is 33.1 Å². The normalized spacial score (nSPS) is 25.0. The minimum atomic E-state index is 0.191. The number of rotatable bonds is 3. The molecule has 2 aliphatic heterocycles. The summed E-state index contributed by atoms with van der Waals surface area (Å²) in [7, 11) is 0. The van der Waals surface area contributed by atoms with Crippen LogP contribution >= 0.6 is 0 Å². The Morgan fingerprint density at radius 1 is 1.36 bits per heavy atom. The standard InChI is InChI=1S/C17H26N4O/c1-14(15-4-2-6-18-12-15)20-8-10-21(11-9-20)17(22)16-5-3-7-19-13-16/h2,4,6,12,14,16,19H,3,5,7-11,13H2,1H3. The van der Waals surface area contributed by atoms with E-state index in [0.717, 1.165) is 52.1 Å². The van der Waals surface area contributed by atoms with Crippen LogP contribution in [0.1, 0.15) is 31.4 Å². The fraction of sp³-hybridized carbons (Fsp3) is 0.647. The summed E-state index contributed by atoms with van der Waals surface area (Å²) in [5.41, 5.74) is 1.25. The van der Waals surface area contributed by atoms with Gasteiger partial charge in [0, 0.05) is 51.2 Å². The van der Waals surface area contributed by atoms with Gasteiger partial charge >= 0.3 is 0 Å². The molecule has 1 aromatic heterocycles. The van der Waals surface area contributed by atoms with Crippen molar-refractivity contribution in [3.8, 4) is 0 Å². The highest BCUT2D eigenvalue weighted by Crippen LogP contribution is 2.22. The minimum absolute atomic E-state index is 0.191. The summed E-state index contributed by atoms with van der Waals surface area (Å²) in [5, 5.41) is 3.34. The molecule has 2 unspecified atom stereocenters. The third kappa shape index (κ3) is 3.47. The van der Waals surface area contributed by atoms with Crippen LogP contribution in [0.4, 0.5) is 0 Å². The van der Waals surface area contributed by atoms with Crippen molar-refractivity contribution >= 4 is 5.91 Å². The van der Waals surface area contributed by atoms with Crippen molar-refractivity contribution in [2.24, 2.45) is 5.92 Å². The Bertz CT molecular complexity index is 479. The molecule has 1 amide bonds. The molecule has 0 radical (unpaired) electrons. The van der Waals surface area contributed by atoms with Gasteiger partial charge in [-0.1, -0.05) is 6.07 Å². The molecular weight excluding hydrogens is 276 g/mol. The number of carbonyl (C=O) groups is 1. The van der Waals surface area contributed by atoms with Gasteiger partial charge in [0.05, 0.1) is 5.92 Å². The maximum atomic E-state index is 12.6. The zero-order valence-electron chi connectivity index (χ0n) is 13.4. The molecule has 0 spiro atoms. The van der Waals surface area contributed by atoms with Crippen molar-refractivity contribution in [1.82, 2.24) is 20.1 Å². The highest BCUT2D eigenvalue weighted by atomic mass is 16.2. The van der Waals surface area contributed by atoms with E-state index in [0.29, 0.717) is 11.9 Å². The van der Waals surface area contributed by atoms with Gasteiger partial charge in [-0.2, -0.15) is 0 Å². The van der Waals surface area contributed by atoms with Crippen LogP contribution in [0, 0.1) is 5.92 Å². The minimum Gasteiger partial charge on any atom is -0.340 e. The number of piperidine rings is 1. The van der Waals surface area contributed by atoms with E-state index in [1.165, 1.54) is 5.56 Å². The van der Waals surface area contributed by atoms with Gasteiger partial charge in [0.15, 0.2) is 0 Å². The second-order valence-corrected chi connectivity index (χ2v) is 6.37. The zero-order valence-corrected chi connectivity index (χ0v) is 13.4. The monoisotopic (exact) mass is 302 g/mol. The molecule has 0 bridgehead atoms. The Morgan fingerprint density at radius 2 is 2.18 bits per heavy atom. The van der Waals surface area contributed by atoms with Crippen molar-refractivity contribution in [3.63, 3.8) is 0 Å². The Balaban J connectivity index is 1.52. The summed E-state index contributed by atoms with van der Waals surface area (Å²) >= 11 is 0. The highest BCUT2D eigenvalue weighted by Gasteiger charge is 2.29. The largest absolute Gasteiger partial charge is 0.340 e. The number of nitrogens with one attached hydrogen (secondary N) is 1. The van der Waals surface area contributed by atoms with Crippen molar-refractivity contribution in [1.29, 1.82) is 0 Å². The van der Waals surface area contributed by atoms with Gasteiger partial charge in [-0.05, 0) is 37.9 Å². The summed E-state index contributed by atoms with van der Waals surface area (Å²) in [6.45, 7) is 7.72. The first-order valence-electron chi connectivity index (χ1n) is 8.39. The van der Waals surface area contributed by atoms with Crippen LogP contribution in [0.15, 0.2) is 24.5 Å². The first-order chi connectivity index (χ1) is 10.8. The molecule has 5 heteroatoms. The number of nitrogens with zero attached hydrogens (tertiary/aromatic N) is 3. The smallest absolute Gasteiger partial charge is 0.227 e. The van der Waals surface area contributed by atoms with E-state index in [9.17, 15) is 4.79 Å². The number of carbonyl (C=O) groups excluding carboxylic acids is 1. The van der Waals surface area contributed by atoms with E-state index in [1.54, 1.807) is 0 Å². The van der Waals surface area contributed by atoms with Crippen LogP contribution in [0.3, 0.4) is 0 Å². The molecule has 0 saturated carbocycles. The number of hydrogen-bond acceptors (Lipinski definition) is 4. The maximum Gasteiger partial charge on any atom is 0.227 e. The molecule has 0 aliphatic carbocycles. The molecule has 120 valence electrons. The molecule has 3 heterocycles. The lowest BCUT2D eigenvalue weighted by atomic mass is 9.97. The van der Waals surface area contributed by atoms with Gasteiger partial charge in [0.1, 0.15) is 0 Å². The first-order valence-corrected chi connectivity index (χ1v) is 8.39. The van der Waals surface area contributed by atoms with E-state index < -0.39 is 0 Å².